The molecule has 0 radical (unpaired) electrons. The molecule has 0 fully saturated rings. The van der Waals surface area contributed by atoms with E-state index in [9.17, 15) is 4.79 Å². The highest BCUT2D eigenvalue weighted by molar-refractivity contribution is 5.72. The maximum Gasteiger partial charge on any atom is 0.274 e. The normalized spacial score (nSPS) is 11.1. The van der Waals surface area contributed by atoms with Gasteiger partial charge in [-0.3, -0.25) is 4.79 Å². The van der Waals surface area contributed by atoms with Gasteiger partial charge in [0.25, 0.3) is 5.56 Å². The molecule has 0 amide bonds. The molecule has 14 heavy (non-hydrogen) atoms. The van der Waals surface area contributed by atoms with Gasteiger partial charge >= 0.3 is 0 Å². The largest absolute Gasteiger partial charge is 0.317 e. The zero-order valence-electron chi connectivity index (χ0n) is 7.14. The third-order valence-corrected chi connectivity index (χ3v) is 2.11. The summed E-state index contributed by atoms with van der Waals surface area (Å²) < 4.78 is 1.54. The molecular weight excluding hydrogens is 180 g/mol. The predicted octanol–water partition coefficient (Wildman–Crippen LogP) is 0.571. The van der Waals surface area contributed by atoms with Gasteiger partial charge in [0, 0.05) is 6.20 Å². The number of nitrogens with zero attached hydrogens (tertiary/aromatic N) is 3. The van der Waals surface area contributed by atoms with E-state index in [0.29, 0.717) is 16.7 Å². The van der Waals surface area contributed by atoms with Crippen molar-refractivity contribution in [2.24, 2.45) is 0 Å². The zero-order chi connectivity index (χ0) is 9.54. The van der Waals surface area contributed by atoms with E-state index >= 15 is 0 Å². The lowest BCUT2D eigenvalue weighted by Gasteiger charge is -1.98. The van der Waals surface area contributed by atoms with Crippen molar-refractivity contribution in [1.82, 2.24) is 19.6 Å². The van der Waals surface area contributed by atoms with Gasteiger partial charge in [-0.2, -0.15) is 5.10 Å². The second-order valence-corrected chi connectivity index (χ2v) is 2.96. The molecule has 0 bridgehead atoms. The summed E-state index contributed by atoms with van der Waals surface area (Å²) in [4.78, 5) is 18.4. The Labute approximate surface area is 78.0 Å². The Morgan fingerprint density at radius 2 is 2.21 bits per heavy atom. The molecule has 68 valence electrons. The SMILES string of the molecule is O=c1[nH]c2cccnc2n2nccc12. The molecule has 0 spiro atoms. The van der Waals surface area contributed by atoms with Gasteiger partial charge in [0.1, 0.15) is 5.52 Å². The van der Waals surface area contributed by atoms with E-state index in [1.54, 1.807) is 30.6 Å². The number of hydrogen-bond acceptors (Lipinski definition) is 3. The lowest BCUT2D eigenvalue weighted by molar-refractivity contribution is 0.965. The Balaban J connectivity index is 2.73. The highest BCUT2D eigenvalue weighted by Crippen LogP contribution is 2.06. The first-order valence-corrected chi connectivity index (χ1v) is 4.17. The standard InChI is InChI=1S/C9H6N4O/c14-9-7-3-5-11-13(7)8-6(12-9)2-1-4-10-8/h1-5H,(H,12,14). The Morgan fingerprint density at radius 1 is 1.29 bits per heavy atom. The summed E-state index contributed by atoms with van der Waals surface area (Å²) in [5.74, 6) is 0. The maximum absolute atomic E-state index is 11.5. The van der Waals surface area contributed by atoms with Crippen molar-refractivity contribution in [3.8, 4) is 0 Å². The van der Waals surface area contributed by atoms with Crippen LogP contribution in [-0.2, 0) is 0 Å². The Hall–Kier alpha value is -2.17. The topological polar surface area (TPSA) is 63.0 Å². The molecule has 1 N–H and O–H groups in total. The molecule has 0 aromatic carbocycles. The predicted molar refractivity (Wildman–Crippen MR) is 51.1 cm³/mol. The maximum atomic E-state index is 11.5. The molecule has 0 aliphatic carbocycles. The summed E-state index contributed by atoms with van der Waals surface area (Å²) in [6, 6.07) is 5.23. The van der Waals surface area contributed by atoms with Crippen LogP contribution in [0.2, 0.25) is 0 Å². The molecule has 3 rings (SSSR count). The third-order valence-electron chi connectivity index (χ3n) is 2.11. The molecule has 3 aromatic rings. The monoisotopic (exact) mass is 186 g/mol. The molecule has 0 saturated heterocycles. The van der Waals surface area contributed by atoms with E-state index in [2.05, 4.69) is 15.1 Å². The van der Waals surface area contributed by atoms with Crippen molar-refractivity contribution < 1.29 is 0 Å². The van der Waals surface area contributed by atoms with Crippen LogP contribution < -0.4 is 5.56 Å². The first-order valence-electron chi connectivity index (χ1n) is 4.17. The molecule has 5 heteroatoms. The Bertz CT molecular complexity index is 667. The molecule has 3 aromatic heterocycles. The fourth-order valence-electron chi connectivity index (χ4n) is 1.49. The van der Waals surface area contributed by atoms with Gasteiger partial charge in [-0.15, -0.1) is 0 Å². The fourth-order valence-corrected chi connectivity index (χ4v) is 1.49. The fraction of sp³-hybridized carbons (Fsp3) is 0. The average molecular weight is 186 g/mol. The number of aromatic amines is 1. The van der Waals surface area contributed by atoms with Gasteiger partial charge in [-0.1, -0.05) is 0 Å². The van der Waals surface area contributed by atoms with Crippen molar-refractivity contribution in [1.29, 1.82) is 0 Å². The van der Waals surface area contributed by atoms with E-state index in [1.165, 1.54) is 4.52 Å². The Kier molecular flexibility index (Phi) is 1.25. The second-order valence-electron chi connectivity index (χ2n) is 2.96. The van der Waals surface area contributed by atoms with Crippen LogP contribution in [0.4, 0.5) is 0 Å². The highest BCUT2D eigenvalue weighted by atomic mass is 16.1. The summed E-state index contributed by atoms with van der Waals surface area (Å²) in [6.45, 7) is 0. The quantitative estimate of drug-likeness (QED) is 0.558. The van der Waals surface area contributed by atoms with E-state index in [0.717, 1.165) is 0 Å². The van der Waals surface area contributed by atoms with Crippen LogP contribution >= 0.6 is 0 Å². The lowest BCUT2D eigenvalue weighted by atomic mass is 10.4. The molecule has 0 aliphatic rings. The number of fused-ring (bicyclic) bond motifs is 3. The van der Waals surface area contributed by atoms with Crippen molar-refractivity contribution in [3.63, 3.8) is 0 Å². The van der Waals surface area contributed by atoms with E-state index in [-0.39, 0.29) is 5.56 Å². The van der Waals surface area contributed by atoms with Crippen LogP contribution in [-0.4, -0.2) is 19.6 Å². The number of aromatic nitrogens is 4. The van der Waals surface area contributed by atoms with Gasteiger partial charge in [0.2, 0.25) is 0 Å². The van der Waals surface area contributed by atoms with Crippen LogP contribution in [0.1, 0.15) is 0 Å². The first-order chi connectivity index (χ1) is 6.86. The minimum Gasteiger partial charge on any atom is -0.317 e. The van der Waals surface area contributed by atoms with Gasteiger partial charge in [-0.05, 0) is 18.2 Å². The number of rotatable bonds is 0. The van der Waals surface area contributed by atoms with Crippen LogP contribution in [0.5, 0.6) is 0 Å². The van der Waals surface area contributed by atoms with Crippen molar-refractivity contribution in [2.45, 2.75) is 0 Å². The van der Waals surface area contributed by atoms with E-state index < -0.39 is 0 Å². The lowest BCUT2D eigenvalue weighted by Crippen LogP contribution is -2.10. The smallest absolute Gasteiger partial charge is 0.274 e. The van der Waals surface area contributed by atoms with E-state index in [4.69, 9.17) is 0 Å². The summed E-state index contributed by atoms with van der Waals surface area (Å²) in [5, 5.41) is 4.04. The van der Waals surface area contributed by atoms with Crippen LogP contribution in [0.15, 0.2) is 35.4 Å². The van der Waals surface area contributed by atoms with Gasteiger partial charge in [0.15, 0.2) is 5.65 Å². The van der Waals surface area contributed by atoms with Gasteiger partial charge < -0.3 is 4.98 Å². The van der Waals surface area contributed by atoms with Crippen molar-refractivity contribution in [3.05, 3.63) is 40.9 Å². The molecule has 3 heterocycles. The van der Waals surface area contributed by atoms with Gasteiger partial charge in [0.05, 0.1) is 11.7 Å². The van der Waals surface area contributed by atoms with Crippen LogP contribution in [0.25, 0.3) is 16.7 Å². The summed E-state index contributed by atoms with van der Waals surface area (Å²) >= 11 is 0. The Morgan fingerprint density at radius 3 is 3.14 bits per heavy atom. The molecule has 0 saturated carbocycles. The highest BCUT2D eigenvalue weighted by Gasteiger charge is 2.04. The van der Waals surface area contributed by atoms with Gasteiger partial charge in [-0.25, -0.2) is 9.50 Å². The van der Waals surface area contributed by atoms with Crippen molar-refractivity contribution >= 4 is 16.7 Å². The van der Waals surface area contributed by atoms with Crippen LogP contribution in [0, 0.1) is 0 Å². The average Bonchev–Trinajstić information content (AvgIpc) is 2.67. The molecule has 5 nitrogen and oxygen atoms in total. The summed E-state index contributed by atoms with van der Waals surface area (Å²) in [5.41, 5.74) is 1.71. The third kappa shape index (κ3) is 0.806. The molecular formula is C9H6N4O. The molecule has 0 aliphatic heterocycles. The number of pyridine rings is 1. The number of nitrogens with one attached hydrogen (secondary N) is 1. The molecule has 0 atom stereocenters. The zero-order valence-corrected chi connectivity index (χ0v) is 7.14. The van der Waals surface area contributed by atoms with Crippen LogP contribution in [0.3, 0.4) is 0 Å². The number of hydrogen-bond donors (Lipinski definition) is 1. The summed E-state index contributed by atoms with van der Waals surface area (Å²) in [6.07, 6.45) is 3.25. The first kappa shape index (κ1) is 7.25. The van der Waals surface area contributed by atoms with E-state index in [1.807, 2.05) is 0 Å². The second kappa shape index (κ2) is 2.41. The molecule has 0 unspecified atom stereocenters. The summed E-state index contributed by atoms with van der Waals surface area (Å²) in [7, 11) is 0. The van der Waals surface area contributed by atoms with Crippen molar-refractivity contribution in [2.75, 3.05) is 0 Å². The minimum absolute atomic E-state index is 0.150. The minimum atomic E-state index is -0.150. The number of H-pyrrole nitrogens is 1.